The summed E-state index contributed by atoms with van der Waals surface area (Å²) in [6, 6.07) is 5.27. The SMILES string of the molecule is C=S(C)(C)(C)Nc1ccc2c(c1)[P+](O)(OCC)N=C(C1=C(O)[C@H](C3CCCC3)N(CCC(C)(C)C)C1=O)N2. The average Bonchev–Trinajstić information content (AvgIpc) is 3.36. The highest BCUT2D eigenvalue weighted by Gasteiger charge is 2.52. The quantitative estimate of drug-likeness (QED) is 0.243. The Labute approximate surface area is 228 Å². The van der Waals surface area contributed by atoms with Crippen LogP contribution in [0.25, 0.3) is 0 Å². The van der Waals surface area contributed by atoms with Gasteiger partial charge in [-0.25, -0.2) is 0 Å². The Morgan fingerprint density at radius 3 is 2.50 bits per heavy atom. The summed E-state index contributed by atoms with van der Waals surface area (Å²) in [5, 5.41) is 15.4. The molecule has 8 nitrogen and oxygen atoms in total. The van der Waals surface area contributed by atoms with Crippen molar-refractivity contribution in [3.05, 3.63) is 29.5 Å². The highest BCUT2D eigenvalue weighted by atomic mass is 32.3. The maximum absolute atomic E-state index is 13.9. The standard InChI is InChI=1S/C28H45N4O4PS/c1-9-36-37(35)22-18-20(31-38(5,6,7)8)14-15-21(22)29-26(30-37)23-25(33)24(19-12-10-11-13-19)32(27(23)34)17-16-28(2,3)4/h14-15,18-19,24,31,35H,5,9-13,16-17H2,1-4,6-8H3,(H-,29,30,33,34)/p+1/t24-,37?/m0/s1. The molecule has 1 saturated carbocycles. The Hall–Kier alpha value is -1.93. The van der Waals surface area contributed by atoms with Gasteiger partial charge in [0.1, 0.15) is 11.3 Å². The number of aliphatic hydroxyl groups is 1. The molecule has 0 saturated heterocycles. The van der Waals surface area contributed by atoms with Crippen LogP contribution in [0.5, 0.6) is 0 Å². The lowest BCUT2D eigenvalue weighted by atomic mass is 9.91. The van der Waals surface area contributed by atoms with Crippen LogP contribution in [0.15, 0.2) is 34.3 Å². The van der Waals surface area contributed by atoms with E-state index in [-0.39, 0.29) is 47.1 Å². The van der Waals surface area contributed by atoms with Crippen molar-refractivity contribution in [1.29, 1.82) is 0 Å². The minimum Gasteiger partial charge on any atom is -0.509 e. The Bertz CT molecular complexity index is 1230. The largest absolute Gasteiger partial charge is 0.509 e. The number of nitrogens with one attached hydrogen (secondary N) is 2. The molecule has 0 bridgehead atoms. The van der Waals surface area contributed by atoms with Crippen LogP contribution in [0.3, 0.4) is 0 Å². The summed E-state index contributed by atoms with van der Waals surface area (Å²) in [5.74, 6) is 4.56. The van der Waals surface area contributed by atoms with Crippen LogP contribution < -0.4 is 15.3 Å². The summed E-state index contributed by atoms with van der Waals surface area (Å²) in [5.41, 5.74) is 1.64. The van der Waals surface area contributed by atoms with Gasteiger partial charge in [0.05, 0.1) is 18.3 Å². The molecule has 1 amide bonds. The average molecular weight is 566 g/mol. The molecule has 1 unspecified atom stereocenters. The van der Waals surface area contributed by atoms with Crippen LogP contribution in [0.2, 0.25) is 0 Å². The molecule has 1 fully saturated rings. The molecule has 0 aromatic heterocycles. The van der Waals surface area contributed by atoms with Crippen molar-refractivity contribution in [3.8, 4) is 0 Å². The predicted octanol–water partition coefficient (Wildman–Crippen LogP) is 5.57. The number of rotatable bonds is 8. The molecular weight excluding hydrogens is 519 g/mol. The summed E-state index contributed by atoms with van der Waals surface area (Å²) in [6.07, 6.45) is 11.3. The van der Waals surface area contributed by atoms with Gasteiger partial charge in [0.15, 0.2) is 5.84 Å². The molecular formula is C28H46N4O4PS+. The molecule has 10 heteroatoms. The van der Waals surface area contributed by atoms with E-state index in [0.29, 0.717) is 17.5 Å². The van der Waals surface area contributed by atoms with Gasteiger partial charge in [-0.3, -0.25) is 4.79 Å². The van der Waals surface area contributed by atoms with Crippen LogP contribution in [-0.4, -0.2) is 70.5 Å². The predicted molar refractivity (Wildman–Crippen MR) is 165 cm³/mol. The first-order valence-corrected chi connectivity index (χ1v) is 18.5. The number of carbonyl (C=O) groups excluding carboxylic acids is 1. The number of aliphatic hydroxyl groups excluding tert-OH is 1. The van der Waals surface area contributed by atoms with E-state index in [0.717, 1.165) is 37.8 Å². The number of nitrogens with zero attached hydrogens (tertiary/aromatic N) is 2. The monoisotopic (exact) mass is 565 g/mol. The van der Waals surface area contributed by atoms with E-state index in [2.05, 4.69) is 60.2 Å². The fraction of sp³-hybridized carbons (Fsp3) is 0.607. The zero-order chi connectivity index (χ0) is 28.1. The Kier molecular flexibility index (Phi) is 7.58. The van der Waals surface area contributed by atoms with Crippen LogP contribution in [0.1, 0.15) is 59.8 Å². The first kappa shape index (κ1) is 29.1. The first-order valence-electron chi connectivity index (χ1n) is 13.5. The summed E-state index contributed by atoms with van der Waals surface area (Å²) in [4.78, 5) is 27.5. The summed E-state index contributed by atoms with van der Waals surface area (Å²) >= 11 is 0. The number of benzene rings is 1. The molecule has 38 heavy (non-hydrogen) atoms. The normalized spacial score (nSPS) is 25.6. The van der Waals surface area contributed by atoms with E-state index in [9.17, 15) is 14.8 Å². The summed E-state index contributed by atoms with van der Waals surface area (Å²) < 4.78 is 14.0. The molecule has 0 radical (unpaired) electrons. The zero-order valence-electron chi connectivity index (χ0n) is 24.0. The number of hydrogen-bond donors (Lipinski definition) is 4. The number of hydrogen-bond acceptors (Lipinski definition) is 7. The minimum atomic E-state index is -3.48. The zero-order valence-corrected chi connectivity index (χ0v) is 25.7. The number of amides is 1. The van der Waals surface area contributed by atoms with Gasteiger partial charge >= 0.3 is 7.87 Å². The summed E-state index contributed by atoms with van der Waals surface area (Å²) in [7, 11) is -5.56. The van der Waals surface area contributed by atoms with Gasteiger partial charge in [0, 0.05) is 18.3 Å². The van der Waals surface area contributed by atoms with Gasteiger partial charge in [-0.15, -0.1) is 0 Å². The van der Waals surface area contributed by atoms with Crippen molar-refractivity contribution >= 4 is 51.1 Å². The number of anilines is 2. The lowest BCUT2D eigenvalue weighted by Gasteiger charge is -2.38. The fourth-order valence-corrected chi connectivity index (χ4v) is 8.29. The number of carbonyl (C=O) groups is 1. The van der Waals surface area contributed by atoms with E-state index in [1.165, 1.54) is 0 Å². The Morgan fingerprint density at radius 1 is 1.26 bits per heavy atom. The molecule has 212 valence electrons. The maximum Gasteiger partial charge on any atom is 0.432 e. The molecule has 1 aromatic carbocycles. The van der Waals surface area contributed by atoms with Crippen molar-refractivity contribution in [2.75, 3.05) is 42.0 Å². The third-order valence-electron chi connectivity index (χ3n) is 7.14. The van der Waals surface area contributed by atoms with Gasteiger partial charge in [0.2, 0.25) is 5.30 Å². The smallest absolute Gasteiger partial charge is 0.432 e. The highest BCUT2D eigenvalue weighted by Crippen LogP contribution is 2.60. The molecule has 4 N–H and O–H groups in total. The number of amidine groups is 1. The molecule has 1 aliphatic carbocycles. The fourth-order valence-electron chi connectivity index (χ4n) is 5.46. The van der Waals surface area contributed by atoms with Gasteiger partial charge in [-0.2, -0.15) is 18.4 Å². The Morgan fingerprint density at radius 2 is 1.92 bits per heavy atom. The molecule has 2 heterocycles. The van der Waals surface area contributed by atoms with Crippen molar-refractivity contribution in [2.45, 2.75) is 65.8 Å². The van der Waals surface area contributed by atoms with Gasteiger partial charge in [0.25, 0.3) is 5.91 Å². The molecule has 4 rings (SSSR count). The van der Waals surface area contributed by atoms with Crippen LogP contribution in [-0.2, 0) is 9.32 Å². The van der Waals surface area contributed by atoms with Crippen molar-refractivity contribution in [3.63, 3.8) is 0 Å². The second kappa shape index (κ2) is 9.92. The summed E-state index contributed by atoms with van der Waals surface area (Å²) in [6.45, 7) is 9.09. The highest BCUT2D eigenvalue weighted by molar-refractivity contribution is 8.45. The van der Waals surface area contributed by atoms with Crippen LogP contribution in [0, 0.1) is 11.3 Å². The van der Waals surface area contributed by atoms with E-state index in [1.807, 2.05) is 30.0 Å². The third kappa shape index (κ3) is 6.27. The van der Waals surface area contributed by atoms with Gasteiger partial charge in [-0.1, -0.05) is 39.5 Å². The minimum absolute atomic E-state index is 0.0484. The van der Waals surface area contributed by atoms with Crippen molar-refractivity contribution in [2.24, 2.45) is 16.1 Å². The lowest BCUT2D eigenvalue weighted by Crippen LogP contribution is -2.42. The van der Waals surface area contributed by atoms with Crippen LogP contribution >= 0.6 is 16.8 Å². The molecule has 1 aromatic rings. The topological polar surface area (TPSA) is 106 Å². The van der Waals surface area contributed by atoms with Crippen molar-refractivity contribution < 1.29 is 19.3 Å². The first-order chi connectivity index (χ1) is 17.5. The maximum atomic E-state index is 13.9. The van der Waals surface area contributed by atoms with E-state index >= 15 is 0 Å². The van der Waals surface area contributed by atoms with Crippen LogP contribution in [0.4, 0.5) is 11.4 Å². The molecule has 2 atom stereocenters. The van der Waals surface area contributed by atoms with Crippen molar-refractivity contribution in [1.82, 2.24) is 4.90 Å². The molecule has 2 aliphatic heterocycles. The lowest BCUT2D eigenvalue weighted by molar-refractivity contribution is -0.127. The van der Waals surface area contributed by atoms with E-state index < -0.39 is 16.8 Å². The number of fused-ring (bicyclic) bond motifs is 1. The second-order valence-corrected chi connectivity index (χ2v) is 21.2. The third-order valence-corrected chi connectivity index (χ3v) is 10.2. The Balaban J connectivity index is 1.75. The van der Waals surface area contributed by atoms with E-state index in [1.54, 1.807) is 0 Å². The second-order valence-electron chi connectivity index (χ2n) is 13.3. The molecule has 0 spiro atoms. The van der Waals surface area contributed by atoms with Gasteiger partial charge in [-0.05, 0) is 73.2 Å². The molecule has 3 aliphatic rings. The van der Waals surface area contributed by atoms with E-state index in [4.69, 9.17) is 4.52 Å². The van der Waals surface area contributed by atoms with Gasteiger partial charge < -0.3 is 20.0 Å².